The van der Waals surface area contributed by atoms with E-state index in [0.717, 1.165) is 6.42 Å². The summed E-state index contributed by atoms with van der Waals surface area (Å²) in [4.78, 5) is 23.6. The van der Waals surface area contributed by atoms with Gasteiger partial charge >= 0.3 is 0 Å². The van der Waals surface area contributed by atoms with E-state index in [2.05, 4.69) is 20.9 Å². The third-order valence-corrected chi connectivity index (χ3v) is 6.28. The highest BCUT2D eigenvalue weighted by Crippen LogP contribution is 2.22. The molecule has 2 amide bonds. The Morgan fingerprint density at radius 3 is 2.38 bits per heavy atom. The predicted molar refractivity (Wildman–Crippen MR) is 148 cm³/mol. The quantitative estimate of drug-likeness (QED) is 0.0710. The van der Waals surface area contributed by atoms with Gasteiger partial charge in [0.1, 0.15) is 24.4 Å². The number of rotatable bonds is 23. The highest BCUT2D eigenvalue weighted by molar-refractivity contribution is 5.76. The Labute approximate surface area is 246 Å². The molecule has 0 aliphatic carbocycles. The number of hydrogen-bond acceptors (Lipinski definition) is 13. The molecule has 0 aromatic carbocycles. The van der Waals surface area contributed by atoms with Crippen LogP contribution in [0.1, 0.15) is 38.3 Å². The van der Waals surface area contributed by atoms with Crippen LogP contribution in [0.25, 0.3) is 0 Å². The number of aliphatic hydroxyl groups excluding tert-OH is 3. The molecule has 1 aromatic heterocycles. The van der Waals surface area contributed by atoms with Gasteiger partial charge in [-0.25, -0.2) is 0 Å². The first-order valence-corrected chi connectivity index (χ1v) is 14.5. The lowest BCUT2D eigenvalue weighted by molar-refractivity contribution is -0.270. The van der Waals surface area contributed by atoms with Crippen molar-refractivity contribution in [1.82, 2.24) is 25.6 Å². The molecule has 1 saturated heterocycles. The predicted octanol–water partition coefficient (Wildman–Crippen LogP) is -2.53. The summed E-state index contributed by atoms with van der Waals surface area (Å²) in [6.45, 7) is 5.80. The highest BCUT2D eigenvalue weighted by atomic mass is 16.7. The number of aliphatic hydroxyl groups is 3. The number of nitrogens with two attached hydrogens (primary N) is 1. The van der Waals surface area contributed by atoms with Gasteiger partial charge in [-0.15, -0.1) is 5.10 Å². The normalized spacial score (nSPS) is 22.3. The van der Waals surface area contributed by atoms with Gasteiger partial charge in [0.25, 0.3) is 0 Å². The molecule has 0 radical (unpaired) electrons. The smallest absolute Gasteiger partial charge is 0.220 e. The number of aromatic nitrogens is 3. The van der Waals surface area contributed by atoms with Crippen LogP contribution < -0.4 is 16.4 Å². The van der Waals surface area contributed by atoms with Crippen LogP contribution in [0.3, 0.4) is 0 Å². The molecule has 242 valence electrons. The first-order valence-electron chi connectivity index (χ1n) is 14.5. The fraction of sp³-hybridized carbons (Fsp3) is 0.846. The summed E-state index contributed by atoms with van der Waals surface area (Å²) in [5.74, 6) is -0.497. The minimum absolute atomic E-state index is 0.0781. The van der Waals surface area contributed by atoms with Gasteiger partial charge in [-0.05, 0) is 25.8 Å². The Balaban J connectivity index is 1.53. The van der Waals surface area contributed by atoms with Gasteiger partial charge in [-0.3, -0.25) is 14.3 Å². The second kappa shape index (κ2) is 21.4. The Hall–Kier alpha value is -2.28. The fourth-order valence-electron chi connectivity index (χ4n) is 4.06. The monoisotopic (exact) mass is 604 g/mol. The van der Waals surface area contributed by atoms with E-state index in [0.29, 0.717) is 84.2 Å². The van der Waals surface area contributed by atoms with Crippen molar-refractivity contribution in [3.05, 3.63) is 11.9 Å². The maximum Gasteiger partial charge on any atom is 0.220 e. The number of carbonyl (C=O) groups is 2. The van der Waals surface area contributed by atoms with E-state index in [9.17, 15) is 24.9 Å². The summed E-state index contributed by atoms with van der Waals surface area (Å²) in [6, 6.07) is -0.987. The van der Waals surface area contributed by atoms with E-state index >= 15 is 0 Å². The van der Waals surface area contributed by atoms with E-state index in [-0.39, 0.29) is 18.9 Å². The molecule has 1 fully saturated rings. The van der Waals surface area contributed by atoms with Crippen LogP contribution in [-0.4, -0.2) is 139 Å². The van der Waals surface area contributed by atoms with Crippen molar-refractivity contribution in [2.45, 2.75) is 76.2 Å². The first-order chi connectivity index (χ1) is 20.3. The molecule has 0 saturated carbocycles. The summed E-state index contributed by atoms with van der Waals surface area (Å²) >= 11 is 0. The van der Waals surface area contributed by atoms with Crippen LogP contribution >= 0.6 is 0 Å². The number of ether oxygens (including phenoxy) is 5. The summed E-state index contributed by atoms with van der Waals surface area (Å²) in [5, 5.41) is 43.3. The van der Waals surface area contributed by atoms with Crippen molar-refractivity contribution in [3.8, 4) is 0 Å². The van der Waals surface area contributed by atoms with Gasteiger partial charge in [-0.1, -0.05) is 5.21 Å². The van der Waals surface area contributed by atoms with E-state index in [1.165, 1.54) is 6.92 Å². The first kappa shape index (κ1) is 35.9. The molecule has 7 N–H and O–H groups in total. The van der Waals surface area contributed by atoms with E-state index in [4.69, 9.17) is 29.4 Å². The van der Waals surface area contributed by atoms with E-state index in [1.54, 1.807) is 10.9 Å². The maximum atomic E-state index is 12.1. The topological polar surface area (TPSA) is 222 Å². The van der Waals surface area contributed by atoms with E-state index < -0.39 is 43.2 Å². The zero-order chi connectivity index (χ0) is 30.6. The number of nitrogens with zero attached hydrogens (tertiary/aromatic N) is 3. The highest BCUT2D eigenvalue weighted by Gasteiger charge is 2.45. The van der Waals surface area contributed by atoms with Gasteiger partial charge in [0.15, 0.2) is 6.29 Å². The van der Waals surface area contributed by atoms with Crippen LogP contribution in [0, 0.1) is 0 Å². The van der Waals surface area contributed by atoms with Gasteiger partial charge in [0.2, 0.25) is 11.8 Å². The summed E-state index contributed by atoms with van der Waals surface area (Å²) in [6.07, 6.45) is -0.262. The number of aryl methyl sites for hydroxylation is 2. The molecule has 42 heavy (non-hydrogen) atoms. The zero-order valence-corrected chi connectivity index (χ0v) is 24.4. The van der Waals surface area contributed by atoms with Gasteiger partial charge < -0.3 is 55.4 Å². The fourth-order valence-corrected chi connectivity index (χ4v) is 4.06. The average Bonchev–Trinajstić information content (AvgIpc) is 3.43. The Kier molecular flexibility index (Phi) is 18.3. The summed E-state index contributed by atoms with van der Waals surface area (Å²) in [5.41, 5.74) is 6.07. The van der Waals surface area contributed by atoms with Crippen molar-refractivity contribution in [2.24, 2.45) is 5.73 Å². The molecular formula is C26H48N6O10. The molecule has 0 unspecified atom stereocenters. The van der Waals surface area contributed by atoms with Crippen molar-refractivity contribution >= 4 is 11.8 Å². The van der Waals surface area contributed by atoms with Gasteiger partial charge in [0.05, 0.1) is 45.3 Å². The standard InChI is InChI=1S/C26H48N6O10/c1-19(34)29-23-25(37)24(36)21(18-33)42-26(23)41-12-4-9-32-17-20(30-31-32)5-6-22(35)28-8-3-11-39-14-16-40-15-13-38-10-2-7-27/h17,21,23-26,33,36-37H,2-16,18,27H2,1H3,(H,28,35)(H,29,34)/t21-,23-,24-,25-,26-/m1/s1. The second-order valence-electron chi connectivity index (χ2n) is 9.81. The molecular weight excluding hydrogens is 556 g/mol. The van der Waals surface area contributed by atoms with Crippen molar-refractivity contribution in [2.75, 3.05) is 65.9 Å². The lowest BCUT2D eigenvalue weighted by Crippen LogP contribution is -2.64. The van der Waals surface area contributed by atoms with Gasteiger partial charge in [-0.2, -0.15) is 0 Å². The molecule has 0 spiro atoms. The molecule has 1 aliphatic heterocycles. The number of carbonyl (C=O) groups excluding carboxylic acids is 2. The van der Waals surface area contributed by atoms with Crippen LogP contribution in [0.5, 0.6) is 0 Å². The molecule has 2 rings (SSSR count). The van der Waals surface area contributed by atoms with Crippen molar-refractivity contribution < 1.29 is 48.6 Å². The molecule has 2 heterocycles. The summed E-state index contributed by atoms with van der Waals surface area (Å²) < 4.78 is 29.1. The Bertz CT molecular complexity index is 878. The van der Waals surface area contributed by atoms with Crippen molar-refractivity contribution in [1.29, 1.82) is 0 Å². The number of amides is 2. The zero-order valence-electron chi connectivity index (χ0n) is 24.4. The Morgan fingerprint density at radius 2 is 1.71 bits per heavy atom. The Morgan fingerprint density at radius 1 is 1.02 bits per heavy atom. The van der Waals surface area contributed by atoms with Crippen LogP contribution in [0.15, 0.2) is 6.20 Å². The van der Waals surface area contributed by atoms with Crippen LogP contribution in [-0.2, 0) is 46.2 Å². The minimum Gasteiger partial charge on any atom is -0.394 e. The molecule has 0 bridgehead atoms. The molecule has 5 atom stereocenters. The number of nitrogens with one attached hydrogen (secondary N) is 2. The largest absolute Gasteiger partial charge is 0.394 e. The van der Waals surface area contributed by atoms with Crippen molar-refractivity contribution in [3.63, 3.8) is 0 Å². The molecule has 16 heteroatoms. The lowest BCUT2D eigenvalue weighted by Gasteiger charge is -2.42. The molecule has 16 nitrogen and oxygen atoms in total. The molecule has 1 aromatic rings. The van der Waals surface area contributed by atoms with Gasteiger partial charge in [0, 0.05) is 52.3 Å². The third kappa shape index (κ3) is 14.3. The third-order valence-electron chi connectivity index (χ3n) is 6.28. The maximum absolute atomic E-state index is 12.1. The minimum atomic E-state index is -1.37. The van der Waals surface area contributed by atoms with E-state index in [1.807, 2.05) is 0 Å². The van der Waals surface area contributed by atoms with Crippen LogP contribution in [0.2, 0.25) is 0 Å². The molecule has 1 aliphatic rings. The average molecular weight is 605 g/mol. The lowest BCUT2D eigenvalue weighted by atomic mass is 9.97. The van der Waals surface area contributed by atoms with Crippen LogP contribution in [0.4, 0.5) is 0 Å². The second-order valence-corrected chi connectivity index (χ2v) is 9.81. The SMILES string of the molecule is CC(=O)N[C@H]1[C@H](OCCCn2cc(CCC(=O)NCCCOCCOCCOCCCN)nn2)O[C@H](CO)[C@@H](O)[C@@H]1O. The number of hydrogen-bond donors (Lipinski definition) is 6. The summed E-state index contributed by atoms with van der Waals surface area (Å²) in [7, 11) is 0.